The van der Waals surface area contributed by atoms with Gasteiger partial charge in [0.1, 0.15) is 0 Å². The molecule has 0 spiro atoms. The zero-order chi connectivity index (χ0) is 19.0. The Balaban J connectivity index is 0.00000364. The number of aliphatic imine (C=N–C) groups is 1. The number of sulfonamides is 1. The number of hydrogen-bond donors (Lipinski definition) is 2. The average molecular weight is 535 g/mol. The van der Waals surface area contributed by atoms with E-state index in [-0.39, 0.29) is 41.9 Å². The van der Waals surface area contributed by atoms with E-state index in [0.717, 1.165) is 24.3 Å². The van der Waals surface area contributed by atoms with Gasteiger partial charge in [0.05, 0.1) is 12.9 Å². The molecule has 2 N–H and O–H groups in total. The molecule has 0 aromatic rings. The van der Waals surface area contributed by atoms with Gasteiger partial charge in [-0.05, 0) is 12.8 Å². The van der Waals surface area contributed by atoms with Gasteiger partial charge in [0.2, 0.25) is 10.0 Å². The van der Waals surface area contributed by atoms with Crippen molar-refractivity contribution in [3.63, 3.8) is 0 Å². The molecule has 0 aliphatic carbocycles. The number of piperidine rings is 1. The maximum Gasteiger partial charge on any atom is 0.409 e. The molecule has 1 amide bonds. The summed E-state index contributed by atoms with van der Waals surface area (Å²) in [5, 5.41) is 6.38. The number of methoxy groups -OCH3 is 1. The van der Waals surface area contributed by atoms with Crippen molar-refractivity contribution in [1.29, 1.82) is 0 Å². The van der Waals surface area contributed by atoms with Crippen LogP contribution in [0.5, 0.6) is 0 Å². The molecule has 0 saturated carbocycles. The van der Waals surface area contributed by atoms with Crippen LogP contribution in [0.25, 0.3) is 0 Å². The largest absolute Gasteiger partial charge is 0.453 e. The Hall–Kier alpha value is -0.470. The maximum absolute atomic E-state index is 12.3. The number of likely N-dealkylation sites (tertiary alicyclic amines) is 1. The molecule has 2 heterocycles. The molecule has 0 aromatic carbocycles. The van der Waals surface area contributed by atoms with Crippen molar-refractivity contribution in [2.75, 3.05) is 64.1 Å². The van der Waals surface area contributed by atoms with Crippen molar-refractivity contribution in [1.82, 2.24) is 19.8 Å². The van der Waals surface area contributed by atoms with Crippen molar-refractivity contribution >= 4 is 57.8 Å². The second kappa shape index (κ2) is 12.2. The molecule has 12 heteroatoms. The summed E-state index contributed by atoms with van der Waals surface area (Å²) in [6.07, 6.45) is 1.28. The molecule has 9 nitrogen and oxygen atoms in total. The van der Waals surface area contributed by atoms with Gasteiger partial charge in [-0.25, -0.2) is 17.5 Å². The number of rotatable bonds is 5. The van der Waals surface area contributed by atoms with Gasteiger partial charge < -0.3 is 20.3 Å². The molecule has 0 aromatic heterocycles. The van der Waals surface area contributed by atoms with Gasteiger partial charge in [-0.2, -0.15) is 11.8 Å². The SMILES string of the molecule is CN=C(NCCS(=O)(=O)N1CCSCC1)NC1CCN(C(=O)OC)CC1.I. The average Bonchev–Trinajstić information content (AvgIpc) is 2.67. The lowest BCUT2D eigenvalue weighted by Crippen LogP contribution is -2.50. The zero-order valence-corrected chi connectivity index (χ0v) is 19.8. The summed E-state index contributed by atoms with van der Waals surface area (Å²) in [7, 11) is -0.177. The Morgan fingerprint density at radius 1 is 1.22 bits per heavy atom. The number of ether oxygens (including phenoxy) is 1. The minimum Gasteiger partial charge on any atom is -0.453 e. The molecule has 2 fully saturated rings. The van der Waals surface area contributed by atoms with E-state index in [2.05, 4.69) is 15.6 Å². The van der Waals surface area contributed by atoms with E-state index in [4.69, 9.17) is 4.74 Å². The summed E-state index contributed by atoms with van der Waals surface area (Å²) in [6, 6.07) is 0.192. The molecule has 2 aliphatic rings. The number of nitrogens with one attached hydrogen (secondary N) is 2. The minimum atomic E-state index is -3.22. The van der Waals surface area contributed by atoms with Gasteiger partial charge in [-0.15, -0.1) is 24.0 Å². The van der Waals surface area contributed by atoms with Crippen LogP contribution in [0.15, 0.2) is 4.99 Å². The third-order valence-corrected chi connectivity index (χ3v) is 7.32. The predicted molar refractivity (Wildman–Crippen MR) is 120 cm³/mol. The topological polar surface area (TPSA) is 103 Å². The fraction of sp³-hybridized carbons (Fsp3) is 0.867. The van der Waals surface area contributed by atoms with Crippen LogP contribution in [0.3, 0.4) is 0 Å². The smallest absolute Gasteiger partial charge is 0.409 e. The van der Waals surface area contributed by atoms with Gasteiger partial charge in [0.15, 0.2) is 5.96 Å². The van der Waals surface area contributed by atoms with Crippen LogP contribution < -0.4 is 10.6 Å². The first-order chi connectivity index (χ1) is 12.5. The first kappa shape index (κ1) is 24.6. The number of amides is 1. The first-order valence-corrected chi connectivity index (χ1v) is 11.6. The Morgan fingerprint density at radius 3 is 2.41 bits per heavy atom. The van der Waals surface area contributed by atoms with Crippen LogP contribution in [-0.2, 0) is 14.8 Å². The van der Waals surface area contributed by atoms with E-state index in [9.17, 15) is 13.2 Å². The highest BCUT2D eigenvalue weighted by atomic mass is 127. The standard InChI is InChI=1S/C15H29N5O4S2.HI/c1-16-14(18-13-3-6-19(7-4-13)15(21)24-2)17-5-12-26(22,23)20-8-10-25-11-9-20;/h13H,3-12H2,1-2H3,(H2,16,17,18);1H. The number of nitrogens with zero attached hydrogens (tertiary/aromatic N) is 3. The quantitative estimate of drug-likeness (QED) is 0.298. The second-order valence-electron chi connectivity index (χ2n) is 6.20. The number of guanidine groups is 1. The number of carbonyl (C=O) groups excluding carboxylic acids is 1. The number of thioether (sulfide) groups is 1. The van der Waals surface area contributed by atoms with Crippen molar-refractivity contribution in [3.05, 3.63) is 0 Å². The summed E-state index contributed by atoms with van der Waals surface area (Å²) in [5.74, 6) is 2.37. The van der Waals surface area contributed by atoms with Crippen molar-refractivity contribution in [2.45, 2.75) is 18.9 Å². The van der Waals surface area contributed by atoms with Gasteiger partial charge >= 0.3 is 6.09 Å². The predicted octanol–water partition coefficient (Wildman–Crippen LogP) is 0.379. The van der Waals surface area contributed by atoms with Crippen LogP contribution in [-0.4, -0.2) is 99.9 Å². The lowest BCUT2D eigenvalue weighted by atomic mass is 10.1. The van der Waals surface area contributed by atoms with Crippen LogP contribution >= 0.6 is 35.7 Å². The molecular formula is C15H30IN5O4S2. The number of hydrogen-bond acceptors (Lipinski definition) is 6. The van der Waals surface area contributed by atoms with Crippen LogP contribution in [0, 0.1) is 0 Å². The summed E-state index contributed by atoms with van der Waals surface area (Å²) in [6.45, 7) is 2.76. The first-order valence-electron chi connectivity index (χ1n) is 8.82. The summed E-state index contributed by atoms with van der Waals surface area (Å²) >= 11 is 1.79. The number of carbonyl (C=O) groups is 1. The summed E-state index contributed by atoms with van der Waals surface area (Å²) < 4.78 is 31.0. The Bertz CT molecular complexity index is 591. The number of halogens is 1. The highest BCUT2D eigenvalue weighted by Crippen LogP contribution is 2.13. The van der Waals surface area contributed by atoms with Gasteiger partial charge in [-0.1, -0.05) is 0 Å². The lowest BCUT2D eigenvalue weighted by molar-refractivity contribution is 0.111. The lowest BCUT2D eigenvalue weighted by Gasteiger charge is -2.32. The Kier molecular flexibility index (Phi) is 11.1. The van der Waals surface area contributed by atoms with E-state index in [1.807, 2.05) is 0 Å². The van der Waals surface area contributed by atoms with Crippen LogP contribution in [0.2, 0.25) is 0 Å². The van der Waals surface area contributed by atoms with Crippen LogP contribution in [0.1, 0.15) is 12.8 Å². The Morgan fingerprint density at radius 2 is 1.85 bits per heavy atom. The van der Waals surface area contributed by atoms with E-state index in [0.29, 0.717) is 38.7 Å². The fourth-order valence-corrected chi connectivity index (χ4v) is 5.47. The van der Waals surface area contributed by atoms with E-state index >= 15 is 0 Å². The van der Waals surface area contributed by atoms with Gasteiger partial charge in [-0.3, -0.25) is 4.99 Å². The highest BCUT2D eigenvalue weighted by Gasteiger charge is 2.25. The minimum absolute atomic E-state index is 0. The zero-order valence-electron chi connectivity index (χ0n) is 15.8. The van der Waals surface area contributed by atoms with Gasteiger partial charge in [0, 0.05) is 57.3 Å². The molecule has 0 bridgehead atoms. The third-order valence-electron chi connectivity index (χ3n) is 4.51. The fourth-order valence-electron chi connectivity index (χ4n) is 2.98. The van der Waals surface area contributed by atoms with Crippen molar-refractivity contribution in [2.24, 2.45) is 4.99 Å². The monoisotopic (exact) mass is 535 g/mol. The maximum atomic E-state index is 12.3. The van der Waals surface area contributed by atoms with Gasteiger partial charge in [0.25, 0.3) is 0 Å². The summed E-state index contributed by atoms with van der Waals surface area (Å²) in [4.78, 5) is 17.3. The van der Waals surface area contributed by atoms with Crippen LogP contribution in [0.4, 0.5) is 4.79 Å². The normalized spacial score (nSPS) is 19.9. The van der Waals surface area contributed by atoms with Crippen molar-refractivity contribution < 1.29 is 17.9 Å². The third kappa shape index (κ3) is 7.81. The summed E-state index contributed by atoms with van der Waals surface area (Å²) in [5.41, 5.74) is 0. The molecule has 0 unspecified atom stereocenters. The molecule has 2 aliphatic heterocycles. The highest BCUT2D eigenvalue weighted by molar-refractivity contribution is 14.0. The molecule has 27 heavy (non-hydrogen) atoms. The molecule has 2 saturated heterocycles. The second-order valence-corrected chi connectivity index (χ2v) is 9.52. The Labute approximate surface area is 183 Å². The van der Waals surface area contributed by atoms with E-state index < -0.39 is 10.0 Å². The molecule has 158 valence electrons. The van der Waals surface area contributed by atoms with E-state index in [1.54, 1.807) is 28.0 Å². The molecule has 0 atom stereocenters. The molecule has 2 rings (SSSR count). The molecular weight excluding hydrogens is 505 g/mol. The van der Waals surface area contributed by atoms with Crippen molar-refractivity contribution in [3.8, 4) is 0 Å². The molecule has 0 radical (unpaired) electrons. The van der Waals surface area contributed by atoms with E-state index in [1.165, 1.54) is 7.11 Å².